The number of hydrogen-bond acceptors (Lipinski definition) is 3. The second kappa shape index (κ2) is 9.86. The van der Waals surface area contributed by atoms with Crippen LogP contribution in [0.15, 0.2) is 72.8 Å². The van der Waals surface area contributed by atoms with Crippen LogP contribution in [0.5, 0.6) is 17.2 Å². The van der Waals surface area contributed by atoms with Crippen LogP contribution < -0.4 is 9.47 Å². The molecule has 0 fully saturated rings. The molecule has 0 atom stereocenters. The third kappa shape index (κ3) is 7.10. The van der Waals surface area contributed by atoms with Crippen molar-refractivity contribution in [2.45, 2.75) is 30.6 Å². The van der Waals surface area contributed by atoms with Gasteiger partial charge in [0, 0.05) is 5.41 Å². The summed E-state index contributed by atoms with van der Waals surface area (Å²) in [6.45, 7) is 4.72. The average Bonchev–Trinajstić information content (AvgIpc) is 2.70. The lowest BCUT2D eigenvalue weighted by atomic mass is 9.85. The Morgan fingerprint density at radius 3 is 2.19 bits per heavy atom. The molecule has 7 heteroatoms. The summed E-state index contributed by atoms with van der Waals surface area (Å²) < 4.78 is 40.8. The van der Waals surface area contributed by atoms with Crippen LogP contribution in [-0.4, -0.2) is 11.4 Å². The fourth-order valence-electron chi connectivity index (χ4n) is 2.95. The fourth-order valence-corrected chi connectivity index (χ4v) is 3.12. The van der Waals surface area contributed by atoms with Gasteiger partial charge in [-0.15, -0.1) is 0 Å². The van der Waals surface area contributed by atoms with Crippen LogP contribution in [-0.2, 0) is 16.8 Å². The van der Waals surface area contributed by atoms with Crippen molar-refractivity contribution in [1.82, 2.24) is 0 Å². The fraction of sp³-hybridized carbons (Fsp3) is 0.250. The van der Waals surface area contributed by atoms with Crippen LogP contribution in [0.1, 0.15) is 25.0 Å². The largest absolute Gasteiger partial charge is 0.454 e. The average molecular weight is 467 g/mol. The van der Waals surface area contributed by atoms with E-state index in [0.717, 1.165) is 11.1 Å². The van der Waals surface area contributed by atoms with Gasteiger partial charge in [0.05, 0.1) is 13.2 Å². The highest BCUT2D eigenvalue weighted by Gasteiger charge is 2.25. The monoisotopic (exact) mass is 466 g/mol. The molecule has 3 aromatic rings. The quantitative estimate of drug-likeness (QED) is 0.304. The Balaban J connectivity index is 1.59. The van der Waals surface area contributed by atoms with E-state index >= 15 is 0 Å². The van der Waals surface area contributed by atoms with E-state index < -0.39 is 10.6 Å². The molecule has 0 bridgehead atoms. The summed E-state index contributed by atoms with van der Waals surface area (Å²) in [6, 6.07) is 20.4. The number of ether oxygens (including phenoxy) is 3. The van der Waals surface area contributed by atoms with Crippen molar-refractivity contribution in [1.29, 1.82) is 0 Å². The highest BCUT2D eigenvalue weighted by atomic mass is 35.5. The maximum atomic E-state index is 14.1. The Labute approximate surface area is 190 Å². The molecule has 0 spiro atoms. The molecule has 3 rings (SSSR count). The molecular formula is C24H22Cl2F2O3. The van der Waals surface area contributed by atoms with Gasteiger partial charge in [0.1, 0.15) is 11.5 Å². The van der Waals surface area contributed by atoms with E-state index in [0.29, 0.717) is 19.0 Å². The van der Waals surface area contributed by atoms with Crippen molar-refractivity contribution in [3.05, 3.63) is 89.7 Å². The van der Waals surface area contributed by atoms with Crippen molar-refractivity contribution in [3.8, 4) is 17.2 Å². The Bertz CT molecular complexity index is 988. The summed E-state index contributed by atoms with van der Waals surface area (Å²) in [7, 11) is 0. The van der Waals surface area contributed by atoms with Crippen LogP contribution in [0.4, 0.5) is 8.78 Å². The van der Waals surface area contributed by atoms with Crippen LogP contribution in [0.2, 0.25) is 0 Å². The van der Waals surface area contributed by atoms with Gasteiger partial charge in [-0.2, -0.15) is 4.39 Å². The second-order valence-electron chi connectivity index (χ2n) is 7.63. The molecule has 0 aliphatic rings. The zero-order valence-electron chi connectivity index (χ0n) is 17.1. The van der Waals surface area contributed by atoms with E-state index in [2.05, 4.69) is 0 Å². The summed E-state index contributed by atoms with van der Waals surface area (Å²) in [5, 5.41) is 0. The third-order valence-electron chi connectivity index (χ3n) is 4.57. The van der Waals surface area contributed by atoms with E-state index in [1.807, 2.05) is 32.0 Å². The summed E-state index contributed by atoms with van der Waals surface area (Å²) in [5.41, 5.74) is 1.41. The van der Waals surface area contributed by atoms with Gasteiger partial charge in [-0.1, -0.05) is 50.2 Å². The lowest BCUT2D eigenvalue weighted by molar-refractivity contribution is 0.0821. The molecule has 0 aromatic heterocycles. The van der Waals surface area contributed by atoms with Crippen LogP contribution >= 0.6 is 23.2 Å². The smallest absolute Gasteiger partial charge is 0.410 e. The molecule has 3 nitrogen and oxygen atoms in total. The molecule has 31 heavy (non-hydrogen) atoms. The van der Waals surface area contributed by atoms with Gasteiger partial charge in [-0.05, 0) is 70.7 Å². The van der Waals surface area contributed by atoms with E-state index in [9.17, 15) is 8.78 Å². The highest BCUT2D eigenvalue weighted by Crippen LogP contribution is 2.31. The number of rotatable bonds is 9. The molecule has 0 amide bonds. The standard InChI is InChI=1S/C24H22Cl2F2O3/c1-23(2,18-9-11-20(12-10-18)31-24(25,26)28)16-29-15-17-8-13-21(27)22(14-17)30-19-6-4-3-5-7-19/h3-14H,15-16H2,1-2H3. The minimum atomic E-state index is -2.78. The summed E-state index contributed by atoms with van der Waals surface area (Å²) in [5.74, 6) is 0.470. The number of benzene rings is 3. The van der Waals surface area contributed by atoms with Crippen molar-refractivity contribution in [3.63, 3.8) is 0 Å². The molecule has 0 aliphatic carbocycles. The minimum Gasteiger partial charge on any atom is -0.454 e. The summed E-state index contributed by atoms with van der Waals surface area (Å²) in [4.78, 5) is 0. The number of halogens is 4. The first-order valence-corrected chi connectivity index (χ1v) is 10.3. The normalized spacial score (nSPS) is 11.9. The first-order valence-electron chi connectivity index (χ1n) is 9.58. The predicted octanol–water partition coefficient (Wildman–Crippen LogP) is 7.55. The molecule has 0 radical (unpaired) electrons. The van der Waals surface area contributed by atoms with E-state index in [4.69, 9.17) is 37.4 Å². The molecule has 3 aromatic carbocycles. The van der Waals surface area contributed by atoms with Gasteiger partial charge >= 0.3 is 4.77 Å². The SMILES string of the molecule is CC(C)(COCc1ccc(F)c(Oc2ccccc2)c1)c1ccc(OC(F)(Cl)Cl)cc1. The number of hydrogen-bond donors (Lipinski definition) is 0. The van der Waals surface area contributed by atoms with Gasteiger partial charge in [0.25, 0.3) is 0 Å². The van der Waals surface area contributed by atoms with E-state index in [1.54, 1.807) is 48.5 Å². The van der Waals surface area contributed by atoms with Crippen LogP contribution in [0.3, 0.4) is 0 Å². The second-order valence-corrected chi connectivity index (χ2v) is 8.79. The maximum Gasteiger partial charge on any atom is 0.410 e. The molecule has 0 aliphatic heterocycles. The Morgan fingerprint density at radius 2 is 1.55 bits per heavy atom. The topological polar surface area (TPSA) is 27.7 Å². The minimum absolute atomic E-state index is 0.143. The number of para-hydroxylation sites is 1. The van der Waals surface area contributed by atoms with Crippen molar-refractivity contribution in [2.24, 2.45) is 0 Å². The first kappa shape index (κ1) is 23.3. The van der Waals surface area contributed by atoms with Crippen molar-refractivity contribution >= 4 is 23.2 Å². The lowest BCUT2D eigenvalue weighted by Crippen LogP contribution is -2.24. The van der Waals surface area contributed by atoms with Crippen molar-refractivity contribution in [2.75, 3.05) is 6.61 Å². The molecule has 0 heterocycles. The molecule has 0 N–H and O–H groups in total. The van der Waals surface area contributed by atoms with Crippen LogP contribution in [0, 0.1) is 5.82 Å². The van der Waals surface area contributed by atoms with Gasteiger partial charge in [0.2, 0.25) is 0 Å². The van der Waals surface area contributed by atoms with Gasteiger partial charge < -0.3 is 14.2 Å². The third-order valence-corrected chi connectivity index (χ3v) is 4.72. The first-order chi connectivity index (χ1) is 14.6. The zero-order valence-corrected chi connectivity index (χ0v) is 18.6. The summed E-state index contributed by atoms with van der Waals surface area (Å²) in [6.07, 6.45) is 0. The lowest BCUT2D eigenvalue weighted by Gasteiger charge is -2.25. The molecule has 0 unspecified atom stereocenters. The summed E-state index contributed by atoms with van der Waals surface area (Å²) >= 11 is 10.4. The van der Waals surface area contributed by atoms with Gasteiger partial charge in [0.15, 0.2) is 11.6 Å². The van der Waals surface area contributed by atoms with Gasteiger partial charge in [-0.25, -0.2) is 4.39 Å². The van der Waals surface area contributed by atoms with Crippen molar-refractivity contribution < 1.29 is 23.0 Å². The van der Waals surface area contributed by atoms with E-state index in [-0.39, 0.29) is 16.9 Å². The Kier molecular flexibility index (Phi) is 7.42. The van der Waals surface area contributed by atoms with Gasteiger partial charge in [-0.3, -0.25) is 0 Å². The molecule has 0 saturated carbocycles. The Morgan fingerprint density at radius 1 is 0.871 bits per heavy atom. The molecule has 164 valence electrons. The molecule has 0 saturated heterocycles. The maximum absolute atomic E-state index is 14.1. The van der Waals surface area contributed by atoms with E-state index in [1.165, 1.54) is 6.07 Å². The zero-order chi connectivity index (χ0) is 22.5. The number of alkyl halides is 3. The predicted molar refractivity (Wildman–Crippen MR) is 118 cm³/mol. The highest BCUT2D eigenvalue weighted by molar-refractivity contribution is 6.46. The molecular weight excluding hydrogens is 445 g/mol. The van der Waals surface area contributed by atoms with Crippen LogP contribution in [0.25, 0.3) is 0 Å². The Hall–Kier alpha value is -2.34.